The summed E-state index contributed by atoms with van der Waals surface area (Å²) in [7, 11) is 1.76. The molecule has 0 amide bonds. The van der Waals surface area contributed by atoms with Crippen LogP contribution in [-0.4, -0.2) is 31.8 Å². The summed E-state index contributed by atoms with van der Waals surface area (Å²) in [6.45, 7) is 2.77. The minimum atomic E-state index is 0.299. The van der Waals surface area contributed by atoms with Gasteiger partial charge < -0.3 is 10.1 Å². The van der Waals surface area contributed by atoms with Crippen LogP contribution in [0.2, 0.25) is 0 Å². The van der Waals surface area contributed by atoms with Crippen LogP contribution < -0.4 is 5.32 Å². The van der Waals surface area contributed by atoms with Crippen LogP contribution in [0.15, 0.2) is 24.5 Å². The zero-order valence-corrected chi connectivity index (χ0v) is 12.0. The molecular formula is C16H26N2O. The van der Waals surface area contributed by atoms with Gasteiger partial charge in [-0.05, 0) is 30.5 Å². The molecule has 19 heavy (non-hydrogen) atoms. The molecule has 1 heterocycles. The number of nitrogens with zero attached hydrogens (tertiary/aromatic N) is 1. The highest BCUT2D eigenvalue weighted by Gasteiger charge is 2.32. The minimum Gasteiger partial charge on any atom is -0.383 e. The predicted octanol–water partition coefficient (Wildman–Crippen LogP) is 2.91. The zero-order valence-electron chi connectivity index (χ0n) is 12.0. The first-order valence-corrected chi connectivity index (χ1v) is 7.48. The molecule has 1 aromatic rings. The van der Waals surface area contributed by atoms with Crippen molar-refractivity contribution in [3.05, 3.63) is 30.1 Å². The van der Waals surface area contributed by atoms with Gasteiger partial charge in [0.1, 0.15) is 0 Å². The van der Waals surface area contributed by atoms with Crippen molar-refractivity contribution in [3.8, 4) is 0 Å². The topological polar surface area (TPSA) is 34.1 Å². The number of hydrogen-bond acceptors (Lipinski definition) is 3. The van der Waals surface area contributed by atoms with Gasteiger partial charge in [-0.3, -0.25) is 4.98 Å². The first kappa shape index (κ1) is 14.5. The summed E-state index contributed by atoms with van der Waals surface area (Å²) in [6.07, 6.45) is 11.9. The normalized spacial score (nSPS) is 19.0. The second-order valence-corrected chi connectivity index (χ2v) is 5.60. The van der Waals surface area contributed by atoms with Crippen LogP contribution in [-0.2, 0) is 10.2 Å². The van der Waals surface area contributed by atoms with Crippen LogP contribution in [0.1, 0.15) is 44.1 Å². The molecule has 1 fully saturated rings. The van der Waals surface area contributed by atoms with Gasteiger partial charge in [0.15, 0.2) is 0 Å². The number of methoxy groups -OCH3 is 1. The van der Waals surface area contributed by atoms with Crippen molar-refractivity contribution in [1.82, 2.24) is 10.3 Å². The van der Waals surface area contributed by atoms with E-state index >= 15 is 0 Å². The van der Waals surface area contributed by atoms with Crippen LogP contribution in [0.3, 0.4) is 0 Å². The Kier molecular flexibility index (Phi) is 5.80. The van der Waals surface area contributed by atoms with E-state index in [-0.39, 0.29) is 0 Å². The molecule has 1 aliphatic carbocycles. The van der Waals surface area contributed by atoms with Gasteiger partial charge in [-0.2, -0.15) is 0 Å². The van der Waals surface area contributed by atoms with Crippen LogP contribution >= 0.6 is 0 Å². The molecule has 1 saturated carbocycles. The van der Waals surface area contributed by atoms with E-state index in [1.54, 1.807) is 7.11 Å². The molecule has 1 aromatic heterocycles. The Balaban J connectivity index is 2.07. The summed E-state index contributed by atoms with van der Waals surface area (Å²) in [5.74, 6) is 0. The minimum absolute atomic E-state index is 0.299. The Hall–Kier alpha value is -0.930. The standard InChI is InChI=1S/C16H26N2O/c1-19-13-12-18-14-16(8-4-2-3-5-9-16)15-6-10-17-11-7-15/h6-7,10-11,18H,2-5,8-9,12-14H2,1H3. The smallest absolute Gasteiger partial charge is 0.0587 e. The Bertz CT molecular complexity index is 345. The van der Waals surface area contributed by atoms with Gasteiger partial charge in [0.25, 0.3) is 0 Å². The Labute approximate surface area is 116 Å². The van der Waals surface area contributed by atoms with E-state index in [1.165, 1.54) is 44.1 Å². The summed E-state index contributed by atoms with van der Waals surface area (Å²) in [4.78, 5) is 4.16. The molecule has 0 unspecified atom stereocenters. The molecular weight excluding hydrogens is 236 g/mol. The van der Waals surface area contributed by atoms with E-state index in [0.717, 1.165) is 19.7 Å². The maximum atomic E-state index is 5.12. The maximum absolute atomic E-state index is 5.12. The molecule has 3 heteroatoms. The first-order chi connectivity index (χ1) is 9.37. The largest absolute Gasteiger partial charge is 0.383 e. The van der Waals surface area contributed by atoms with Crippen molar-refractivity contribution in [3.63, 3.8) is 0 Å². The molecule has 0 saturated heterocycles. The third-order valence-corrected chi connectivity index (χ3v) is 4.30. The number of pyridine rings is 1. The van der Waals surface area contributed by atoms with E-state index in [1.807, 2.05) is 12.4 Å². The van der Waals surface area contributed by atoms with Crippen LogP contribution in [0, 0.1) is 0 Å². The molecule has 0 aromatic carbocycles. The van der Waals surface area contributed by atoms with E-state index in [2.05, 4.69) is 22.4 Å². The third-order valence-electron chi connectivity index (χ3n) is 4.30. The quantitative estimate of drug-likeness (QED) is 0.632. The van der Waals surface area contributed by atoms with Gasteiger partial charge >= 0.3 is 0 Å². The first-order valence-electron chi connectivity index (χ1n) is 7.48. The molecule has 0 aliphatic heterocycles. The molecule has 0 bridgehead atoms. The molecule has 1 aliphatic rings. The Morgan fingerprint density at radius 2 is 1.84 bits per heavy atom. The highest BCUT2D eigenvalue weighted by atomic mass is 16.5. The second-order valence-electron chi connectivity index (χ2n) is 5.60. The number of aromatic nitrogens is 1. The van der Waals surface area contributed by atoms with E-state index < -0.39 is 0 Å². The summed E-state index contributed by atoms with van der Waals surface area (Å²) in [5.41, 5.74) is 1.75. The SMILES string of the molecule is COCCNCC1(c2ccncc2)CCCCCC1. The van der Waals surface area contributed by atoms with Gasteiger partial charge in [0, 0.05) is 38.0 Å². The van der Waals surface area contributed by atoms with Gasteiger partial charge in [-0.15, -0.1) is 0 Å². The lowest BCUT2D eigenvalue weighted by Crippen LogP contribution is -2.39. The molecule has 0 atom stereocenters. The highest BCUT2D eigenvalue weighted by Crippen LogP contribution is 2.37. The Morgan fingerprint density at radius 1 is 1.16 bits per heavy atom. The van der Waals surface area contributed by atoms with Crippen molar-refractivity contribution >= 4 is 0 Å². The zero-order chi connectivity index (χ0) is 13.4. The van der Waals surface area contributed by atoms with Crippen LogP contribution in [0.5, 0.6) is 0 Å². The van der Waals surface area contributed by atoms with Gasteiger partial charge in [0.05, 0.1) is 6.61 Å². The van der Waals surface area contributed by atoms with Crippen LogP contribution in [0.25, 0.3) is 0 Å². The summed E-state index contributed by atoms with van der Waals surface area (Å²) >= 11 is 0. The fourth-order valence-electron chi connectivity index (χ4n) is 3.18. The maximum Gasteiger partial charge on any atom is 0.0587 e. The van der Waals surface area contributed by atoms with Crippen molar-refractivity contribution < 1.29 is 4.74 Å². The lowest BCUT2D eigenvalue weighted by Gasteiger charge is -2.34. The fraction of sp³-hybridized carbons (Fsp3) is 0.688. The lowest BCUT2D eigenvalue weighted by atomic mass is 9.74. The third kappa shape index (κ3) is 4.02. The molecule has 0 radical (unpaired) electrons. The molecule has 1 N–H and O–H groups in total. The summed E-state index contributed by atoms with van der Waals surface area (Å²) in [6, 6.07) is 4.40. The lowest BCUT2D eigenvalue weighted by molar-refractivity contribution is 0.195. The average molecular weight is 262 g/mol. The molecule has 3 nitrogen and oxygen atoms in total. The van der Waals surface area contributed by atoms with Crippen molar-refractivity contribution in [2.24, 2.45) is 0 Å². The van der Waals surface area contributed by atoms with Gasteiger partial charge in [-0.25, -0.2) is 0 Å². The van der Waals surface area contributed by atoms with E-state index in [4.69, 9.17) is 4.74 Å². The van der Waals surface area contributed by atoms with Crippen molar-refractivity contribution in [1.29, 1.82) is 0 Å². The van der Waals surface area contributed by atoms with Crippen LogP contribution in [0.4, 0.5) is 0 Å². The van der Waals surface area contributed by atoms with Gasteiger partial charge in [0.2, 0.25) is 0 Å². The van der Waals surface area contributed by atoms with Gasteiger partial charge in [-0.1, -0.05) is 25.7 Å². The molecule has 0 spiro atoms. The second kappa shape index (κ2) is 7.61. The number of hydrogen-bond donors (Lipinski definition) is 1. The van der Waals surface area contributed by atoms with Crippen molar-refractivity contribution in [2.45, 2.75) is 43.9 Å². The fourth-order valence-corrected chi connectivity index (χ4v) is 3.18. The molecule has 106 valence electrons. The Morgan fingerprint density at radius 3 is 2.47 bits per heavy atom. The number of ether oxygens (including phenoxy) is 1. The predicted molar refractivity (Wildman–Crippen MR) is 78.4 cm³/mol. The average Bonchev–Trinajstić information content (AvgIpc) is 2.71. The summed E-state index contributed by atoms with van der Waals surface area (Å²) < 4.78 is 5.12. The highest BCUT2D eigenvalue weighted by molar-refractivity contribution is 5.24. The number of nitrogens with one attached hydrogen (secondary N) is 1. The van der Waals surface area contributed by atoms with Crippen molar-refractivity contribution in [2.75, 3.05) is 26.8 Å². The monoisotopic (exact) mass is 262 g/mol. The summed E-state index contributed by atoms with van der Waals surface area (Å²) in [5, 5.41) is 3.58. The number of rotatable bonds is 6. The van der Waals surface area contributed by atoms with E-state index in [0.29, 0.717) is 5.41 Å². The van der Waals surface area contributed by atoms with E-state index in [9.17, 15) is 0 Å². The molecule has 2 rings (SSSR count).